The van der Waals surface area contributed by atoms with Crippen LogP contribution in [0.25, 0.3) is 10.9 Å². The fourth-order valence-electron chi connectivity index (χ4n) is 3.98. The monoisotopic (exact) mass is 370 g/mol. The minimum absolute atomic E-state index is 0. The van der Waals surface area contributed by atoms with E-state index in [2.05, 4.69) is 64.6 Å². The second kappa shape index (κ2) is 8.61. The number of para-hydroxylation sites is 1. The Morgan fingerprint density at radius 1 is 1.04 bits per heavy atom. The van der Waals surface area contributed by atoms with Crippen LogP contribution in [-0.4, -0.2) is 36.6 Å². The summed E-state index contributed by atoms with van der Waals surface area (Å²) in [6.07, 6.45) is 5.85. The Hall–Kier alpha value is -1.97. The van der Waals surface area contributed by atoms with Crippen LogP contribution < -0.4 is 4.74 Å². The van der Waals surface area contributed by atoms with Crippen molar-refractivity contribution in [3.05, 3.63) is 65.9 Å². The van der Waals surface area contributed by atoms with Crippen molar-refractivity contribution in [1.82, 2.24) is 9.88 Å². The normalized spacial score (nSPS) is 15.7. The van der Waals surface area contributed by atoms with Gasteiger partial charge in [-0.05, 0) is 67.6 Å². The van der Waals surface area contributed by atoms with E-state index in [9.17, 15) is 0 Å². The zero-order valence-corrected chi connectivity index (χ0v) is 16.1. The molecule has 4 heteroatoms. The topological polar surface area (TPSA) is 28.3 Å². The van der Waals surface area contributed by atoms with E-state index >= 15 is 0 Å². The van der Waals surface area contributed by atoms with Crippen molar-refractivity contribution in [2.45, 2.75) is 25.2 Å². The Balaban J connectivity index is 0.00000196. The Morgan fingerprint density at radius 3 is 2.50 bits per heavy atom. The predicted molar refractivity (Wildman–Crippen MR) is 111 cm³/mol. The fourth-order valence-corrected chi connectivity index (χ4v) is 3.98. The highest BCUT2D eigenvalue weighted by molar-refractivity contribution is 5.85. The molecule has 1 saturated heterocycles. The molecule has 138 valence electrons. The van der Waals surface area contributed by atoms with Gasteiger partial charge in [0.25, 0.3) is 0 Å². The van der Waals surface area contributed by atoms with Crippen LogP contribution in [0.3, 0.4) is 0 Å². The second-order valence-corrected chi connectivity index (χ2v) is 7.00. The fraction of sp³-hybridized carbons (Fsp3) is 0.364. The number of fused-ring (bicyclic) bond motifs is 1. The molecule has 0 bridgehead atoms. The largest absolute Gasteiger partial charge is 0.497 e. The molecule has 1 aliphatic heterocycles. The number of nitrogens with zero attached hydrogens (tertiary/aromatic N) is 1. The maximum absolute atomic E-state index is 5.23. The highest BCUT2D eigenvalue weighted by atomic mass is 35.5. The summed E-state index contributed by atoms with van der Waals surface area (Å²) in [5, 5.41) is 1.40. The van der Waals surface area contributed by atoms with Crippen molar-refractivity contribution in [3.8, 4) is 5.75 Å². The molecule has 3 aromatic rings. The predicted octanol–water partition coefficient (Wildman–Crippen LogP) is 5.02. The number of likely N-dealkylation sites (tertiary alicyclic amines) is 1. The van der Waals surface area contributed by atoms with Crippen LogP contribution in [0.1, 0.15) is 29.9 Å². The summed E-state index contributed by atoms with van der Waals surface area (Å²) >= 11 is 0. The summed E-state index contributed by atoms with van der Waals surface area (Å²) in [7, 11) is 1.72. The van der Waals surface area contributed by atoms with E-state index in [0.29, 0.717) is 5.92 Å². The Labute approximate surface area is 161 Å². The first kappa shape index (κ1) is 18.8. The summed E-state index contributed by atoms with van der Waals surface area (Å²) in [6, 6.07) is 17.1. The number of nitrogens with one attached hydrogen (secondary N) is 1. The molecule has 0 atom stereocenters. The third-order valence-corrected chi connectivity index (χ3v) is 5.52. The molecular formula is C22H27ClN2O. The van der Waals surface area contributed by atoms with Crippen molar-refractivity contribution < 1.29 is 4.74 Å². The van der Waals surface area contributed by atoms with Gasteiger partial charge in [-0.1, -0.05) is 30.3 Å². The number of rotatable bonds is 5. The molecule has 0 spiro atoms. The molecule has 0 unspecified atom stereocenters. The number of aromatic amines is 1. The molecule has 1 fully saturated rings. The van der Waals surface area contributed by atoms with E-state index in [4.69, 9.17) is 4.74 Å². The number of piperidine rings is 1. The van der Waals surface area contributed by atoms with E-state index in [1.807, 2.05) is 0 Å². The van der Waals surface area contributed by atoms with Gasteiger partial charge in [0, 0.05) is 23.6 Å². The van der Waals surface area contributed by atoms with Crippen molar-refractivity contribution in [2.24, 2.45) is 0 Å². The molecule has 0 saturated carbocycles. The van der Waals surface area contributed by atoms with Gasteiger partial charge in [0.05, 0.1) is 7.11 Å². The molecule has 1 aromatic heterocycles. The lowest BCUT2D eigenvalue weighted by Gasteiger charge is -2.32. The lowest BCUT2D eigenvalue weighted by atomic mass is 9.89. The van der Waals surface area contributed by atoms with E-state index in [1.165, 1.54) is 48.0 Å². The third kappa shape index (κ3) is 4.05. The van der Waals surface area contributed by atoms with Gasteiger partial charge >= 0.3 is 0 Å². The molecule has 4 rings (SSSR count). The first-order chi connectivity index (χ1) is 12.3. The summed E-state index contributed by atoms with van der Waals surface area (Å²) < 4.78 is 5.23. The smallest absolute Gasteiger partial charge is 0.118 e. The van der Waals surface area contributed by atoms with Crippen molar-refractivity contribution >= 4 is 23.3 Å². The number of methoxy groups -OCH3 is 1. The number of hydrogen-bond acceptors (Lipinski definition) is 2. The Morgan fingerprint density at radius 2 is 1.77 bits per heavy atom. The van der Waals surface area contributed by atoms with Crippen LogP contribution in [0, 0.1) is 0 Å². The molecule has 1 N–H and O–H groups in total. The standard InChI is InChI=1S/C22H26N2O.ClH/c1-25-19-8-6-17(7-9-19)10-13-24-14-11-18(12-15-24)21-16-23-22-5-3-2-4-20(21)22;/h2-9,16,18,23H,10-15H2,1H3;1H. The lowest BCUT2D eigenvalue weighted by molar-refractivity contribution is 0.215. The van der Waals surface area contributed by atoms with E-state index < -0.39 is 0 Å². The van der Waals surface area contributed by atoms with E-state index in [0.717, 1.165) is 18.7 Å². The molecule has 2 aromatic carbocycles. The Bertz CT molecular complexity index is 820. The van der Waals surface area contributed by atoms with Crippen LogP contribution in [0.4, 0.5) is 0 Å². The van der Waals surface area contributed by atoms with Gasteiger partial charge in [0.2, 0.25) is 0 Å². The molecule has 0 aliphatic carbocycles. The van der Waals surface area contributed by atoms with Crippen molar-refractivity contribution in [1.29, 1.82) is 0 Å². The van der Waals surface area contributed by atoms with E-state index in [-0.39, 0.29) is 12.4 Å². The van der Waals surface area contributed by atoms with Gasteiger partial charge in [-0.25, -0.2) is 0 Å². The molecule has 2 heterocycles. The summed E-state index contributed by atoms with van der Waals surface area (Å²) in [6.45, 7) is 3.54. The first-order valence-corrected chi connectivity index (χ1v) is 9.25. The highest BCUT2D eigenvalue weighted by Gasteiger charge is 2.22. The number of ether oxygens (including phenoxy) is 1. The van der Waals surface area contributed by atoms with Crippen LogP contribution in [0.15, 0.2) is 54.7 Å². The molecule has 0 radical (unpaired) electrons. The molecule has 0 amide bonds. The van der Waals surface area contributed by atoms with E-state index in [1.54, 1.807) is 7.11 Å². The first-order valence-electron chi connectivity index (χ1n) is 9.25. The van der Waals surface area contributed by atoms with Gasteiger partial charge in [-0.3, -0.25) is 0 Å². The zero-order chi connectivity index (χ0) is 17.1. The maximum Gasteiger partial charge on any atom is 0.118 e. The summed E-state index contributed by atoms with van der Waals surface area (Å²) in [4.78, 5) is 6.04. The van der Waals surface area contributed by atoms with Crippen LogP contribution in [0.2, 0.25) is 0 Å². The average Bonchev–Trinajstić information content (AvgIpc) is 3.11. The number of hydrogen-bond donors (Lipinski definition) is 1. The SMILES string of the molecule is COc1ccc(CCN2CCC(c3c[nH]c4ccccc34)CC2)cc1.Cl. The van der Waals surface area contributed by atoms with Gasteiger partial charge in [-0.15, -0.1) is 12.4 Å². The summed E-state index contributed by atoms with van der Waals surface area (Å²) in [5.41, 5.74) is 4.16. The summed E-state index contributed by atoms with van der Waals surface area (Å²) in [5.74, 6) is 1.62. The Kier molecular flexibility index (Phi) is 6.23. The van der Waals surface area contributed by atoms with Crippen molar-refractivity contribution in [3.63, 3.8) is 0 Å². The van der Waals surface area contributed by atoms with Gasteiger partial charge in [-0.2, -0.15) is 0 Å². The van der Waals surface area contributed by atoms with Gasteiger partial charge in [0.1, 0.15) is 5.75 Å². The molecule has 26 heavy (non-hydrogen) atoms. The van der Waals surface area contributed by atoms with Crippen molar-refractivity contribution in [2.75, 3.05) is 26.7 Å². The number of benzene rings is 2. The minimum atomic E-state index is 0. The van der Waals surface area contributed by atoms with Crippen LogP contribution in [0.5, 0.6) is 5.75 Å². The third-order valence-electron chi connectivity index (χ3n) is 5.52. The number of aromatic nitrogens is 1. The molecule has 3 nitrogen and oxygen atoms in total. The van der Waals surface area contributed by atoms with Crippen LogP contribution >= 0.6 is 12.4 Å². The second-order valence-electron chi connectivity index (χ2n) is 7.00. The van der Waals surface area contributed by atoms with Gasteiger partial charge in [0.15, 0.2) is 0 Å². The number of H-pyrrole nitrogens is 1. The van der Waals surface area contributed by atoms with Crippen LogP contribution in [-0.2, 0) is 6.42 Å². The number of halogens is 1. The molecular weight excluding hydrogens is 344 g/mol. The highest BCUT2D eigenvalue weighted by Crippen LogP contribution is 2.33. The minimum Gasteiger partial charge on any atom is -0.497 e. The maximum atomic E-state index is 5.23. The zero-order valence-electron chi connectivity index (χ0n) is 15.3. The quantitative estimate of drug-likeness (QED) is 0.683. The average molecular weight is 371 g/mol. The molecule has 1 aliphatic rings. The lowest BCUT2D eigenvalue weighted by Crippen LogP contribution is -2.34. The van der Waals surface area contributed by atoms with Gasteiger partial charge < -0.3 is 14.6 Å².